The summed E-state index contributed by atoms with van der Waals surface area (Å²) in [6.45, 7) is 5.64. The second kappa shape index (κ2) is 5.02. The maximum Gasteiger partial charge on any atom is 0.0625 e. The van der Waals surface area contributed by atoms with Gasteiger partial charge in [0, 0.05) is 38.8 Å². The lowest BCUT2D eigenvalue weighted by Crippen LogP contribution is -2.35. The van der Waals surface area contributed by atoms with Crippen LogP contribution in [0.5, 0.6) is 0 Å². The molecule has 3 heterocycles. The molecule has 4 nitrogen and oxygen atoms in total. The van der Waals surface area contributed by atoms with Gasteiger partial charge in [-0.3, -0.25) is 9.58 Å². The molecule has 1 N–H and O–H groups in total. The second-order valence-electron chi connectivity index (χ2n) is 5.77. The Morgan fingerprint density at radius 1 is 1.33 bits per heavy atom. The van der Waals surface area contributed by atoms with E-state index in [1.54, 1.807) is 0 Å². The van der Waals surface area contributed by atoms with E-state index in [-0.39, 0.29) is 0 Å². The molecule has 2 unspecified atom stereocenters. The highest BCUT2D eigenvalue weighted by Gasteiger charge is 2.29. The highest BCUT2D eigenvalue weighted by Crippen LogP contribution is 2.21. The summed E-state index contributed by atoms with van der Waals surface area (Å²) < 4.78 is 2.05. The van der Waals surface area contributed by atoms with Gasteiger partial charge in [0.1, 0.15) is 0 Å². The van der Waals surface area contributed by atoms with Crippen LogP contribution in [0.15, 0.2) is 6.07 Å². The van der Waals surface area contributed by atoms with Crippen molar-refractivity contribution in [1.29, 1.82) is 0 Å². The number of aromatic nitrogens is 2. The monoisotopic (exact) mass is 248 g/mol. The molecule has 2 saturated heterocycles. The molecule has 2 fully saturated rings. The summed E-state index contributed by atoms with van der Waals surface area (Å²) in [5.41, 5.74) is 2.56. The smallest absolute Gasteiger partial charge is 0.0625 e. The first-order valence-corrected chi connectivity index (χ1v) is 7.25. The van der Waals surface area contributed by atoms with E-state index in [1.807, 2.05) is 0 Å². The minimum absolute atomic E-state index is 0.719. The lowest BCUT2D eigenvalue weighted by Gasteiger charge is -2.23. The number of aryl methyl sites for hydroxylation is 2. The van der Waals surface area contributed by atoms with Crippen molar-refractivity contribution in [3.63, 3.8) is 0 Å². The van der Waals surface area contributed by atoms with E-state index >= 15 is 0 Å². The number of nitrogens with zero attached hydrogens (tertiary/aromatic N) is 3. The summed E-state index contributed by atoms with van der Waals surface area (Å²) in [6.07, 6.45) is 5.06. The Balaban J connectivity index is 1.66. The van der Waals surface area contributed by atoms with Crippen molar-refractivity contribution >= 4 is 0 Å². The quantitative estimate of drug-likeness (QED) is 0.875. The van der Waals surface area contributed by atoms with Crippen LogP contribution < -0.4 is 5.32 Å². The summed E-state index contributed by atoms with van der Waals surface area (Å²) in [5.74, 6) is 0. The van der Waals surface area contributed by atoms with Crippen LogP contribution >= 0.6 is 0 Å². The maximum absolute atomic E-state index is 4.54. The molecule has 0 radical (unpaired) electrons. The Morgan fingerprint density at radius 3 is 2.94 bits per heavy atom. The van der Waals surface area contributed by atoms with Gasteiger partial charge in [0.25, 0.3) is 0 Å². The highest BCUT2D eigenvalue weighted by atomic mass is 15.3. The van der Waals surface area contributed by atoms with E-state index in [9.17, 15) is 0 Å². The third-order valence-corrected chi connectivity index (χ3v) is 4.38. The van der Waals surface area contributed by atoms with Crippen LogP contribution in [-0.4, -0.2) is 39.9 Å². The fourth-order valence-corrected chi connectivity index (χ4v) is 3.28. The molecule has 1 aromatic heterocycles. The predicted octanol–water partition coefficient (Wildman–Crippen LogP) is 1.31. The number of likely N-dealkylation sites (tertiary alicyclic amines) is 1. The molecule has 2 aliphatic heterocycles. The Kier molecular flexibility index (Phi) is 3.39. The Bertz CT molecular complexity index is 412. The van der Waals surface area contributed by atoms with E-state index in [1.165, 1.54) is 43.7 Å². The van der Waals surface area contributed by atoms with Gasteiger partial charge in [-0.2, -0.15) is 5.10 Å². The first kappa shape index (κ1) is 12.2. The van der Waals surface area contributed by atoms with E-state index in [0.717, 1.165) is 25.0 Å². The predicted molar refractivity (Wildman–Crippen MR) is 72.4 cm³/mol. The topological polar surface area (TPSA) is 33.1 Å². The van der Waals surface area contributed by atoms with Crippen molar-refractivity contribution < 1.29 is 0 Å². The number of hydrogen-bond acceptors (Lipinski definition) is 3. The number of hydrogen-bond donors (Lipinski definition) is 1. The summed E-state index contributed by atoms with van der Waals surface area (Å²) >= 11 is 0. The van der Waals surface area contributed by atoms with Crippen molar-refractivity contribution in [2.24, 2.45) is 7.05 Å². The van der Waals surface area contributed by atoms with Gasteiger partial charge < -0.3 is 5.32 Å². The zero-order chi connectivity index (χ0) is 12.5. The number of rotatable bonds is 3. The molecular weight excluding hydrogens is 224 g/mol. The van der Waals surface area contributed by atoms with Gasteiger partial charge in [-0.05, 0) is 31.7 Å². The van der Waals surface area contributed by atoms with Crippen LogP contribution in [0.2, 0.25) is 0 Å². The molecule has 0 saturated carbocycles. The average molecular weight is 248 g/mol. The van der Waals surface area contributed by atoms with Gasteiger partial charge in [-0.15, -0.1) is 0 Å². The molecule has 0 aromatic carbocycles. The first-order chi connectivity index (χ1) is 8.74. The molecule has 0 aliphatic carbocycles. The third-order valence-electron chi connectivity index (χ3n) is 4.38. The van der Waals surface area contributed by atoms with Crippen LogP contribution in [0.3, 0.4) is 0 Å². The Labute approximate surface area is 109 Å². The lowest BCUT2D eigenvalue weighted by molar-refractivity contribution is 0.245. The Morgan fingerprint density at radius 2 is 2.17 bits per heavy atom. The zero-order valence-corrected chi connectivity index (χ0v) is 11.5. The SMILES string of the molecule is CCc1cc(CN2CCC3CCC(C2)N3)n(C)n1. The molecule has 1 aromatic rings. The van der Waals surface area contributed by atoms with E-state index < -0.39 is 0 Å². The standard InChI is InChI=1S/C14H24N4/c1-3-11-8-14(17(2)16-11)10-18-7-6-12-4-5-13(9-18)15-12/h8,12-13,15H,3-7,9-10H2,1-2H3. The molecule has 18 heavy (non-hydrogen) atoms. The molecular formula is C14H24N4. The molecule has 2 bridgehead atoms. The zero-order valence-electron chi connectivity index (χ0n) is 11.5. The van der Waals surface area contributed by atoms with Crippen molar-refractivity contribution in [2.45, 2.75) is 51.2 Å². The van der Waals surface area contributed by atoms with E-state index in [0.29, 0.717) is 0 Å². The summed E-state index contributed by atoms with van der Waals surface area (Å²) in [6, 6.07) is 3.76. The van der Waals surface area contributed by atoms with Gasteiger partial charge in [0.05, 0.1) is 11.4 Å². The minimum atomic E-state index is 0.719. The highest BCUT2D eigenvalue weighted by molar-refractivity contribution is 5.10. The fourth-order valence-electron chi connectivity index (χ4n) is 3.28. The molecule has 100 valence electrons. The van der Waals surface area contributed by atoms with Gasteiger partial charge in [0.15, 0.2) is 0 Å². The molecule has 0 amide bonds. The summed E-state index contributed by atoms with van der Waals surface area (Å²) in [7, 11) is 2.07. The van der Waals surface area contributed by atoms with Crippen LogP contribution in [0.1, 0.15) is 37.6 Å². The molecule has 2 atom stereocenters. The largest absolute Gasteiger partial charge is 0.310 e. The van der Waals surface area contributed by atoms with Gasteiger partial charge >= 0.3 is 0 Å². The first-order valence-electron chi connectivity index (χ1n) is 7.25. The Hall–Kier alpha value is -0.870. The third kappa shape index (κ3) is 2.45. The van der Waals surface area contributed by atoms with E-state index in [4.69, 9.17) is 0 Å². The maximum atomic E-state index is 4.54. The number of nitrogens with one attached hydrogen (secondary N) is 1. The molecule has 2 aliphatic rings. The van der Waals surface area contributed by atoms with Crippen molar-refractivity contribution in [2.75, 3.05) is 13.1 Å². The average Bonchev–Trinajstić information content (AvgIpc) is 2.86. The van der Waals surface area contributed by atoms with Crippen LogP contribution in [0, 0.1) is 0 Å². The van der Waals surface area contributed by atoms with Crippen LogP contribution in [-0.2, 0) is 20.0 Å². The van der Waals surface area contributed by atoms with Gasteiger partial charge in [0.2, 0.25) is 0 Å². The van der Waals surface area contributed by atoms with Gasteiger partial charge in [-0.25, -0.2) is 0 Å². The van der Waals surface area contributed by atoms with E-state index in [2.05, 4.69) is 40.0 Å². The fraction of sp³-hybridized carbons (Fsp3) is 0.786. The lowest BCUT2D eigenvalue weighted by atomic mass is 10.1. The molecule has 3 rings (SSSR count). The summed E-state index contributed by atoms with van der Waals surface area (Å²) in [5, 5.41) is 8.28. The van der Waals surface area contributed by atoms with Crippen molar-refractivity contribution in [1.82, 2.24) is 20.0 Å². The van der Waals surface area contributed by atoms with Crippen LogP contribution in [0.25, 0.3) is 0 Å². The summed E-state index contributed by atoms with van der Waals surface area (Å²) in [4.78, 5) is 2.59. The minimum Gasteiger partial charge on any atom is -0.310 e. The molecule has 0 spiro atoms. The van der Waals surface area contributed by atoms with Crippen molar-refractivity contribution in [3.05, 3.63) is 17.5 Å². The molecule has 4 heteroatoms. The number of fused-ring (bicyclic) bond motifs is 2. The second-order valence-corrected chi connectivity index (χ2v) is 5.77. The van der Waals surface area contributed by atoms with Crippen molar-refractivity contribution in [3.8, 4) is 0 Å². The normalized spacial score (nSPS) is 28.6. The van der Waals surface area contributed by atoms with Gasteiger partial charge in [-0.1, -0.05) is 6.92 Å². The van der Waals surface area contributed by atoms with Crippen LogP contribution in [0.4, 0.5) is 0 Å².